The van der Waals surface area contributed by atoms with Crippen molar-refractivity contribution < 1.29 is 13.3 Å². The van der Waals surface area contributed by atoms with Gasteiger partial charge in [0.1, 0.15) is 0 Å². The molecule has 0 bridgehead atoms. The monoisotopic (exact) mass is 285 g/mol. The second kappa shape index (κ2) is 5.24. The van der Waals surface area contributed by atoms with Crippen LogP contribution in [0.1, 0.15) is 6.92 Å². The van der Waals surface area contributed by atoms with E-state index in [2.05, 4.69) is 10.0 Å². The molecule has 7 nitrogen and oxygen atoms in total. The maximum atomic E-state index is 12.2. The average Bonchev–Trinajstić information content (AvgIpc) is 2.25. The van der Waals surface area contributed by atoms with Crippen molar-refractivity contribution in [2.24, 2.45) is 5.92 Å². The molecule has 1 heterocycles. The molecule has 1 aromatic carbocycles. The Kier molecular flexibility index (Phi) is 3.83. The summed E-state index contributed by atoms with van der Waals surface area (Å²) in [5, 5.41) is 13.9. The van der Waals surface area contributed by atoms with Gasteiger partial charge in [0.25, 0.3) is 5.69 Å². The first-order valence-electron chi connectivity index (χ1n) is 5.88. The number of nitro groups is 1. The lowest BCUT2D eigenvalue weighted by atomic mass is 9.96. The standard InChI is InChI=1S/C11H15N3O4S/c1-8(9-6-12-7-9)13-19(17,18)11-5-3-2-4-10(11)14(15)16/h2-5,8-9,12-13H,6-7H2,1H3/t8-/m1/s1. The molecule has 1 aliphatic rings. The van der Waals surface area contributed by atoms with E-state index in [0.717, 1.165) is 13.1 Å². The largest absolute Gasteiger partial charge is 0.316 e. The number of hydrogen-bond donors (Lipinski definition) is 2. The number of nitrogens with zero attached hydrogens (tertiary/aromatic N) is 1. The van der Waals surface area contributed by atoms with E-state index in [1.807, 2.05) is 0 Å². The number of rotatable bonds is 5. The first-order chi connectivity index (χ1) is 8.92. The van der Waals surface area contributed by atoms with Crippen LogP contribution in [0.25, 0.3) is 0 Å². The summed E-state index contributed by atoms with van der Waals surface area (Å²) in [4.78, 5) is 9.88. The molecule has 104 valence electrons. The first-order valence-corrected chi connectivity index (χ1v) is 7.36. The van der Waals surface area contributed by atoms with Gasteiger partial charge in [-0.15, -0.1) is 0 Å². The maximum Gasteiger partial charge on any atom is 0.289 e. The minimum Gasteiger partial charge on any atom is -0.316 e. The maximum absolute atomic E-state index is 12.2. The summed E-state index contributed by atoms with van der Waals surface area (Å²) >= 11 is 0. The van der Waals surface area contributed by atoms with Crippen molar-refractivity contribution in [1.82, 2.24) is 10.0 Å². The SMILES string of the molecule is C[C@@H](NS(=O)(=O)c1ccccc1[N+](=O)[O-])C1CNC1. The minimum absolute atomic E-state index is 0.220. The Balaban J connectivity index is 2.26. The van der Waals surface area contributed by atoms with Crippen LogP contribution in [0.2, 0.25) is 0 Å². The lowest BCUT2D eigenvalue weighted by molar-refractivity contribution is -0.387. The molecule has 0 saturated carbocycles. The zero-order chi connectivity index (χ0) is 14.0. The fourth-order valence-electron chi connectivity index (χ4n) is 1.90. The van der Waals surface area contributed by atoms with Crippen LogP contribution in [0.5, 0.6) is 0 Å². The number of sulfonamides is 1. The van der Waals surface area contributed by atoms with Crippen LogP contribution in [0.3, 0.4) is 0 Å². The van der Waals surface area contributed by atoms with Gasteiger partial charge in [-0.3, -0.25) is 10.1 Å². The van der Waals surface area contributed by atoms with Gasteiger partial charge in [-0.25, -0.2) is 13.1 Å². The van der Waals surface area contributed by atoms with Crippen LogP contribution < -0.4 is 10.0 Å². The molecule has 1 aliphatic heterocycles. The predicted octanol–water partition coefficient (Wildman–Crippen LogP) is 0.481. The highest BCUT2D eigenvalue weighted by molar-refractivity contribution is 7.89. The Morgan fingerprint density at radius 3 is 2.58 bits per heavy atom. The van der Waals surface area contributed by atoms with Crippen LogP contribution in [0, 0.1) is 16.0 Å². The molecule has 8 heteroatoms. The van der Waals surface area contributed by atoms with Gasteiger partial charge >= 0.3 is 0 Å². The lowest BCUT2D eigenvalue weighted by Crippen LogP contribution is -2.53. The van der Waals surface area contributed by atoms with Crippen molar-refractivity contribution in [3.05, 3.63) is 34.4 Å². The zero-order valence-corrected chi connectivity index (χ0v) is 11.2. The van der Waals surface area contributed by atoms with E-state index >= 15 is 0 Å². The molecule has 0 radical (unpaired) electrons. The topological polar surface area (TPSA) is 101 Å². The number of para-hydroxylation sites is 1. The van der Waals surface area contributed by atoms with Crippen LogP contribution in [0.15, 0.2) is 29.2 Å². The zero-order valence-electron chi connectivity index (χ0n) is 10.4. The Bertz CT molecular complexity index is 583. The van der Waals surface area contributed by atoms with Crippen LogP contribution >= 0.6 is 0 Å². The van der Waals surface area contributed by atoms with Crippen LogP contribution in [-0.2, 0) is 10.0 Å². The van der Waals surface area contributed by atoms with Gasteiger partial charge in [-0.05, 0) is 18.9 Å². The summed E-state index contributed by atoms with van der Waals surface area (Å²) in [5.74, 6) is 0.220. The molecule has 0 amide bonds. The van der Waals surface area contributed by atoms with Crippen molar-refractivity contribution in [1.29, 1.82) is 0 Å². The third-order valence-electron chi connectivity index (χ3n) is 3.21. The Labute approximate surface area is 111 Å². The predicted molar refractivity (Wildman–Crippen MR) is 69.2 cm³/mol. The summed E-state index contributed by atoms with van der Waals surface area (Å²) in [7, 11) is -3.88. The van der Waals surface area contributed by atoms with Gasteiger partial charge < -0.3 is 5.32 Å². The van der Waals surface area contributed by atoms with E-state index in [1.165, 1.54) is 24.3 Å². The molecular weight excluding hydrogens is 270 g/mol. The van der Waals surface area contributed by atoms with Crippen molar-refractivity contribution in [3.63, 3.8) is 0 Å². The average molecular weight is 285 g/mol. The molecule has 2 N–H and O–H groups in total. The normalized spacial score (nSPS) is 17.7. The van der Waals surface area contributed by atoms with E-state index in [4.69, 9.17) is 0 Å². The molecule has 1 saturated heterocycles. The highest BCUT2D eigenvalue weighted by Gasteiger charge is 2.31. The molecule has 1 atom stereocenters. The van der Waals surface area contributed by atoms with Crippen molar-refractivity contribution >= 4 is 15.7 Å². The fraction of sp³-hybridized carbons (Fsp3) is 0.455. The molecule has 0 spiro atoms. The summed E-state index contributed by atoms with van der Waals surface area (Å²) in [6, 6.07) is 5.08. The summed E-state index contributed by atoms with van der Waals surface area (Å²) in [6.07, 6.45) is 0. The van der Waals surface area contributed by atoms with E-state index in [9.17, 15) is 18.5 Å². The lowest BCUT2D eigenvalue weighted by Gasteiger charge is -2.32. The van der Waals surface area contributed by atoms with E-state index in [0.29, 0.717) is 0 Å². The molecule has 0 aliphatic carbocycles. The third-order valence-corrected chi connectivity index (χ3v) is 4.82. The van der Waals surface area contributed by atoms with Gasteiger partial charge in [-0.2, -0.15) is 0 Å². The molecular formula is C11H15N3O4S. The number of benzene rings is 1. The second-order valence-corrected chi connectivity index (χ2v) is 6.24. The van der Waals surface area contributed by atoms with Gasteiger partial charge in [0.2, 0.25) is 10.0 Å². The Morgan fingerprint density at radius 1 is 1.42 bits per heavy atom. The second-order valence-electron chi connectivity index (χ2n) is 4.55. The van der Waals surface area contributed by atoms with Crippen molar-refractivity contribution in [2.45, 2.75) is 17.9 Å². The number of hydrogen-bond acceptors (Lipinski definition) is 5. The van der Waals surface area contributed by atoms with Gasteiger partial charge in [0.15, 0.2) is 4.90 Å². The highest BCUT2D eigenvalue weighted by Crippen LogP contribution is 2.23. The summed E-state index contributed by atoms with van der Waals surface area (Å²) in [6.45, 7) is 3.26. The van der Waals surface area contributed by atoms with Gasteiger partial charge in [-0.1, -0.05) is 12.1 Å². The smallest absolute Gasteiger partial charge is 0.289 e. The van der Waals surface area contributed by atoms with Crippen molar-refractivity contribution in [3.8, 4) is 0 Å². The van der Waals surface area contributed by atoms with Gasteiger partial charge in [0, 0.05) is 25.2 Å². The van der Waals surface area contributed by atoms with E-state index in [1.54, 1.807) is 6.92 Å². The Hall–Kier alpha value is -1.51. The summed E-state index contributed by atoms with van der Waals surface area (Å²) in [5.41, 5.74) is -0.408. The minimum atomic E-state index is -3.88. The summed E-state index contributed by atoms with van der Waals surface area (Å²) < 4.78 is 26.9. The van der Waals surface area contributed by atoms with Crippen LogP contribution in [0.4, 0.5) is 5.69 Å². The molecule has 2 rings (SSSR count). The van der Waals surface area contributed by atoms with Crippen molar-refractivity contribution in [2.75, 3.05) is 13.1 Å². The molecule has 0 unspecified atom stereocenters. The number of nitrogens with one attached hydrogen (secondary N) is 2. The Morgan fingerprint density at radius 2 is 2.05 bits per heavy atom. The molecule has 1 aromatic rings. The molecule has 1 fully saturated rings. The number of nitro benzene ring substituents is 1. The molecule has 0 aromatic heterocycles. The van der Waals surface area contributed by atoms with E-state index in [-0.39, 0.29) is 16.9 Å². The highest BCUT2D eigenvalue weighted by atomic mass is 32.2. The molecule has 19 heavy (non-hydrogen) atoms. The van der Waals surface area contributed by atoms with Gasteiger partial charge in [0.05, 0.1) is 4.92 Å². The fourth-order valence-corrected chi connectivity index (χ4v) is 3.39. The van der Waals surface area contributed by atoms with E-state index < -0.39 is 20.6 Å². The first kappa shape index (κ1) is 13.9. The quantitative estimate of drug-likeness (QED) is 0.605. The van der Waals surface area contributed by atoms with Crippen LogP contribution in [-0.4, -0.2) is 32.5 Å². The third kappa shape index (κ3) is 2.91.